The molecule has 0 aliphatic rings. The quantitative estimate of drug-likeness (QED) is 0.660. The van der Waals surface area contributed by atoms with Gasteiger partial charge in [-0.15, -0.1) is 0 Å². The Morgan fingerprint density at radius 1 is 1.00 bits per heavy atom. The molecule has 1 heterocycles. The molecule has 0 aliphatic carbocycles. The van der Waals surface area contributed by atoms with Crippen LogP contribution in [-0.2, 0) is 19.5 Å². The van der Waals surface area contributed by atoms with Crippen LogP contribution < -0.4 is 5.73 Å². The summed E-state index contributed by atoms with van der Waals surface area (Å²) in [6.45, 7) is 1.15. The van der Waals surface area contributed by atoms with Crippen molar-refractivity contribution in [1.29, 1.82) is 0 Å². The van der Waals surface area contributed by atoms with Gasteiger partial charge in [-0.05, 0) is 42.3 Å². The average molecular weight is 381 g/mol. The second-order valence-corrected chi connectivity index (χ2v) is 6.72. The molecule has 0 unspecified atom stereocenters. The standard InChI is InChI=1S/C18H16Cl3N3/c19-13-3-1-2-12(8-13)6-7-24-11-23-18(17(24)10-22)15-5-4-14(20)9-16(15)21/h1-5,8-9,11H,6-7,10,22H2. The molecule has 0 saturated heterocycles. The molecule has 0 fully saturated rings. The Morgan fingerprint density at radius 3 is 2.50 bits per heavy atom. The van der Waals surface area contributed by atoms with Crippen molar-refractivity contribution in [2.75, 3.05) is 0 Å². The van der Waals surface area contributed by atoms with E-state index >= 15 is 0 Å². The van der Waals surface area contributed by atoms with Crippen molar-refractivity contribution in [3.8, 4) is 11.3 Å². The molecular weight excluding hydrogens is 365 g/mol. The van der Waals surface area contributed by atoms with Crippen LogP contribution in [0.15, 0.2) is 48.8 Å². The van der Waals surface area contributed by atoms with E-state index in [0.29, 0.717) is 16.6 Å². The van der Waals surface area contributed by atoms with Crippen LogP contribution in [0.25, 0.3) is 11.3 Å². The first-order valence-corrected chi connectivity index (χ1v) is 8.66. The topological polar surface area (TPSA) is 43.8 Å². The van der Waals surface area contributed by atoms with Gasteiger partial charge >= 0.3 is 0 Å². The Labute approximate surface area is 156 Å². The fourth-order valence-corrected chi connectivity index (χ4v) is 3.37. The average Bonchev–Trinajstić information content (AvgIpc) is 2.95. The monoisotopic (exact) mass is 379 g/mol. The molecule has 3 aromatic rings. The van der Waals surface area contributed by atoms with Crippen LogP contribution in [0.1, 0.15) is 11.3 Å². The zero-order chi connectivity index (χ0) is 17.1. The largest absolute Gasteiger partial charge is 0.333 e. The first-order valence-electron chi connectivity index (χ1n) is 7.52. The summed E-state index contributed by atoms with van der Waals surface area (Å²) in [5.41, 5.74) is 9.70. The van der Waals surface area contributed by atoms with Gasteiger partial charge in [0.2, 0.25) is 0 Å². The second kappa shape index (κ2) is 7.58. The maximum atomic E-state index is 6.30. The Hall–Kier alpha value is -1.52. The Bertz CT molecular complexity index is 858. The van der Waals surface area contributed by atoms with Gasteiger partial charge < -0.3 is 10.3 Å². The molecule has 0 saturated carbocycles. The van der Waals surface area contributed by atoms with Gasteiger partial charge in [0.15, 0.2) is 0 Å². The first-order chi connectivity index (χ1) is 11.6. The van der Waals surface area contributed by atoms with Crippen LogP contribution in [0.5, 0.6) is 0 Å². The van der Waals surface area contributed by atoms with Gasteiger partial charge in [0, 0.05) is 28.7 Å². The zero-order valence-corrected chi connectivity index (χ0v) is 15.1. The summed E-state index contributed by atoms with van der Waals surface area (Å²) in [6, 6.07) is 13.2. The minimum atomic E-state index is 0.379. The predicted molar refractivity (Wildman–Crippen MR) is 101 cm³/mol. The maximum absolute atomic E-state index is 6.30. The fraction of sp³-hybridized carbons (Fsp3) is 0.167. The van der Waals surface area contributed by atoms with Crippen LogP contribution in [0.4, 0.5) is 0 Å². The molecule has 2 aromatic carbocycles. The summed E-state index contributed by atoms with van der Waals surface area (Å²) in [5.74, 6) is 0. The third-order valence-electron chi connectivity index (χ3n) is 3.86. The summed E-state index contributed by atoms with van der Waals surface area (Å²) < 4.78 is 2.06. The van der Waals surface area contributed by atoms with Crippen molar-refractivity contribution < 1.29 is 0 Å². The van der Waals surface area contributed by atoms with E-state index in [2.05, 4.69) is 15.6 Å². The van der Waals surface area contributed by atoms with Crippen LogP contribution in [-0.4, -0.2) is 9.55 Å². The molecule has 0 radical (unpaired) electrons. The summed E-state index contributed by atoms with van der Waals surface area (Å²) >= 11 is 18.3. The molecule has 6 heteroatoms. The molecule has 0 amide bonds. The van der Waals surface area contributed by atoms with Crippen molar-refractivity contribution in [2.45, 2.75) is 19.5 Å². The van der Waals surface area contributed by atoms with Gasteiger partial charge in [0.1, 0.15) is 0 Å². The zero-order valence-electron chi connectivity index (χ0n) is 12.8. The van der Waals surface area contributed by atoms with Gasteiger partial charge in [0.05, 0.1) is 22.7 Å². The lowest BCUT2D eigenvalue weighted by molar-refractivity contribution is 0.661. The van der Waals surface area contributed by atoms with Crippen molar-refractivity contribution >= 4 is 34.8 Å². The summed E-state index contributed by atoms with van der Waals surface area (Å²) in [4.78, 5) is 4.51. The highest BCUT2D eigenvalue weighted by atomic mass is 35.5. The molecular formula is C18H16Cl3N3. The van der Waals surface area contributed by atoms with Crippen molar-refractivity contribution in [3.63, 3.8) is 0 Å². The fourth-order valence-electron chi connectivity index (χ4n) is 2.66. The van der Waals surface area contributed by atoms with E-state index in [1.807, 2.05) is 24.3 Å². The lowest BCUT2D eigenvalue weighted by Gasteiger charge is -2.10. The maximum Gasteiger partial charge on any atom is 0.0956 e. The van der Waals surface area contributed by atoms with Crippen LogP contribution >= 0.6 is 34.8 Å². The van der Waals surface area contributed by atoms with Gasteiger partial charge in [-0.1, -0.05) is 46.9 Å². The van der Waals surface area contributed by atoms with Crippen molar-refractivity contribution in [3.05, 3.63) is 75.1 Å². The number of hydrogen-bond acceptors (Lipinski definition) is 2. The lowest BCUT2D eigenvalue weighted by Crippen LogP contribution is -2.09. The number of aryl methyl sites for hydroxylation is 2. The number of rotatable bonds is 5. The summed E-state index contributed by atoms with van der Waals surface area (Å²) in [7, 11) is 0. The van der Waals surface area contributed by atoms with Crippen LogP contribution in [0.3, 0.4) is 0 Å². The predicted octanol–water partition coefficient (Wildman–Crippen LogP) is 5.21. The molecule has 3 rings (SSSR count). The minimum Gasteiger partial charge on any atom is -0.333 e. The number of nitrogens with two attached hydrogens (primary N) is 1. The minimum absolute atomic E-state index is 0.379. The molecule has 124 valence electrons. The van der Waals surface area contributed by atoms with Crippen molar-refractivity contribution in [2.24, 2.45) is 5.73 Å². The third kappa shape index (κ3) is 3.76. The molecule has 3 nitrogen and oxygen atoms in total. The van der Waals surface area contributed by atoms with Crippen molar-refractivity contribution in [1.82, 2.24) is 9.55 Å². The number of benzene rings is 2. The van der Waals surface area contributed by atoms with Gasteiger partial charge in [-0.2, -0.15) is 0 Å². The van der Waals surface area contributed by atoms with Gasteiger partial charge in [-0.25, -0.2) is 4.98 Å². The van der Waals surface area contributed by atoms with Crippen LogP contribution in [0, 0.1) is 0 Å². The van der Waals surface area contributed by atoms with E-state index < -0.39 is 0 Å². The SMILES string of the molecule is NCc1c(-c2ccc(Cl)cc2Cl)ncn1CCc1cccc(Cl)c1. The first kappa shape index (κ1) is 17.3. The summed E-state index contributed by atoms with van der Waals surface area (Å²) in [5, 5.41) is 1.90. The van der Waals surface area contributed by atoms with E-state index in [-0.39, 0.29) is 0 Å². The molecule has 0 spiro atoms. The lowest BCUT2D eigenvalue weighted by atomic mass is 10.1. The highest BCUT2D eigenvalue weighted by Crippen LogP contribution is 2.31. The third-order valence-corrected chi connectivity index (χ3v) is 4.64. The highest BCUT2D eigenvalue weighted by Gasteiger charge is 2.14. The van der Waals surface area contributed by atoms with E-state index in [9.17, 15) is 0 Å². The van der Waals surface area contributed by atoms with Gasteiger partial charge in [-0.3, -0.25) is 0 Å². The second-order valence-electron chi connectivity index (χ2n) is 5.44. The Balaban J connectivity index is 1.87. The molecule has 24 heavy (non-hydrogen) atoms. The number of aromatic nitrogens is 2. The van der Waals surface area contributed by atoms with E-state index in [1.54, 1.807) is 18.5 Å². The number of halogens is 3. The van der Waals surface area contributed by atoms with E-state index in [0.717, 1.165) is 34.9 Å². The molecule has 0 atom stereocenters. The number of hydrogen-bond donors (Lipinski definition) is 1. The normalized spacial score (nSPS) is 11.0. The summed E-state index contributed by atoms with van der Waals surface area (Å²) in [6.07, 6.45) is 2.64. The molecule has 0 bridgehead atoms. The Kier molecular flexibility index (Phi) is 5.47. The van der Waals surface area contributed by atoms with E-state index in [4.69, 9.17) is 40.5 Å². The molecule has 0 aliphatic heterocycles. The van der Waals surface area contributed by atoms with Crippen LogP contribution in [0.2, 0.25) is 15.1 Å². The van der Waals surface area contributed by atoms with E-state index in [1.165, 1.54) is 5.56 Å². The molecule has 2 N–H and O–H groups in total. The Morgan fingerprint density at radius 2 is 1.79 bits per heavy atom. The smallest absolute Gasteiger partial charge is 0.0956 e. The number of nitrogens with zero attached hydrogens (tertiary/aromatic N) is 2. The molecule has 1 aromatic heterocycles. The number of imidazole rings is 1. The highest BCUT2D eigenvalue weighted by molar-refractivity contribution is 6.36. The van der Waals surface area contributed by atoms with Gasteiger partial charge in [0.25, 0.3) is 0 Å².